The third-order valence-corrected chi connectivity index (χ3v) is 3.33. The van der Waals surface area contributed by atoms with E-state index in [9.17, 15) is 0 Å². The van der Waals surface area contributed by atoms with Gasteiger partial charge in [0.15, 0.2) is 5.96 Å². The normalized spacial score (nSPS) is 10.8. The number of nitrogens with zero attached hydrogens (tertiary/aromatic N) is 2. The largest absolute Gasteiger partial charge is 0.380 e. The van der Waals surface area contributed by atoms with Crippen molar-refractivity contribution in [2.45, 2.75) is 26.6 Å². The average Bonchev–Trinajstić information content (AvgIpc) is 2.60. The van der Waals surface area contributed by atoms with Crippen LogP contribution >= 0.6 is 24.0 Å². The lowest BCUT2D eigenvalue weighted by Crippen LogP contribution is -2.37. The summed E-state index contributed by atoms with van der Waals surface area (Å²) in [6.07, 6.45) is 1.79. The Hall–Kier alpha value is -1.67. The Morgan fingerprint density at radius 3 is 2.50 bits per heavy atom. The predicted octanol–water partition coefficient (Wildman–Crippen LogP) is 3.10. The second-order valence-electron chi connectivity index (χ2n) is 5.07. The number of halogens is 1. The number of rotatable bonds is 7. The summed E-state index contributed by atoms with van der Waals surface area (Å²) in [6.45, 7) is 4.72. The fourth-order valence-corrected chi connectivity index (χ4v) is 2.19. The van der Waals surface area contributed by atoms with Crippen LogP contribution in [-0.2, 0) is 24.4 Å². The van der Waals surface area contributed by atoms with E-state index in [1.165, 1.54) is 11.1 Å². The van der Waals surface area contributed by atoms with Gasteiger partial charge in [0.05, 0.1) is 25.4 Å². The van der Waals surface area contributed by atoms with Gasteiger partial charge in [0, 0.05) is 19.9 Å². The minimum absolute atomic E-state index is 0. The lowest BCUT2D eigenvalue weighted by molar-refractivity contribution is 0.184. The van der Waals surface area contributed by atoms with Gasteiger partial charge in [-0.1, -0.05) is 30.3 Å². The van der Waals surface area contributed by atoms with Crippen molar-refractivity contribution in [1.29, 1.82) is 0 Å². The van der Waals surface area contributed by atoms with Crippen molar-refractivity contribution >= 4 is 29.9 Å². The summed E-state index contributed by atoms with van der Waals surface area (Å²) in [5.41, 5.74) is 3.32. The molecule has 5 nitrogen and oxygen atoms in total. The number of guanidine groups is 1. The molecule has 24 heavy (non-hydrogen) atoms. The number of methoxy groups -OCH3 is 1. The molecule has 1 heterocycles. The molecule has 2 aromatic rings. The van der Waals surface area contributed by atoms with E-state index >= 15 is 0 Å². The van der Waals surface area contributed by atoms with Gasteiger partial charge in [0.2, 0.25) is 0 Å². The van der Waals surface area contributed by atoms with Gasteiger partial charge in [0.25, 0.3) is 0 Å². The highest BCUT2D eigenvalue weighted by Crippen LogP contribution is 2.11. The minimum Gasteiger partial charge on any atom is -0.380 e. The van der Waals surface area contributed by atoms with Crippen LogP contribution in [0.4, 0.5) is 0 Å². The highest BCUT2D eigenvalue weighted by atomic mass is 127. The summed E-state index contributed by atoms with van der Waals surface area (Å²) in [5, 5.41) is 6.56. The van der Waals surface area contributed by atoms with E-state index in [-0.39, 0.29) is 24.0 Å². The molecule has 0 unspecified atom stereocenters. The summed E-state index contributed by atoms with van der Waals surface area (Å²) < 4.78 is 5.24. The molecular formula is C18H25IN4O. The van der Waals surface area contributed by atoms with Crippen molar-refractivity contribution in [3.8, 4) is 0 Å². The van der Waals surface area contributed by atoms with Gasteiger partial charge in [-0.15, -0.1) is 24.0 Å². The summed E-state index contributed by atoms with van der Waals surface area (Å²) in [4.78, 5) is 8.96. The molecule has 0 aliphatic rings. The smallest absolute Gasteiger partial charge is 0.191 e. The highest BCUT2D eigenvalue weighted by Gasteiger charge is 2.02. The van der Waals surface area contributed by atoms with Crippen LogP contribution in [0.1, 0.15) is 23.7 Å². The number of nitrogens with one attached hydrogen (secondary N) is 2. The van der Waals surface area contributed by atoms with E-state index in [2.05, 4.69) is 39.7 Å². The first-order valence-electron chi connectivity index (χ1n) is 7.81. The van der Waals surface area contributed by atoms with Crippen LogP contribution in [0.3, 0.4) is 0 Å². The summed E-state index contributed by atoms with van der Waals surface area (Å²) in [5.74, 6) is 0.783. The van der Waals surface area contributed by atoms with Gasteiger partial charge in [-0.25, -0.2) is 4.99 Å². The SMILES string of the molecule is CCNC(=NCc1ccccc1COC)NCc1ccccn1.I. The van der Waals surface area contributed by atoms with Gasteiger partial charge >= 0.3 is 0 Å². The Balaban J connectivity index is 0.00000288. The second kappa shape index (κ2) is 11.8. The maximum Gasteiger partial charge on any atom is 0.191 e. The molecule has 0 bridgehead atoms. The molecule has 0 spiro atoms. The molecule has 0 fully saturated rings. The van der Waals surface area contributed by atoms with Crippen LogP contribution in [0.2, 0.25) is 0 Å². The van der Waals surface area contributed by atoms with Crippen molar-refractivity contribution in [1.82, 2.24) is 15.6 Å². The fraction of sp³-hybridized carbons (Fsp3) is 0.333. The van der Waals surface area contributed by atoms with E-state index in [0.29, 0.717) is 19.7 Å². The summed E-state index contributed by atoms with van der Waals surface area (Å²) in [6, 6.07) is 14.1. The van der Waals surface area contributed by atoms with Crippen molar-refractivity contribution in [2.75, 3.05) is 13.7 Å². The zero-order chi connectivity index (χ0) is 16.3. The second-order valence-corrected chi connectivity index (χ2v) is 5.07. The molecule has 0 amide bonds. The van der Waals surface area contributed by atoms with Crippen molar-refractivity contribution < 1.29 is 4.74 Å². The number of hydrogen-bond acceptors (Lipinski definition) is 3. The predicted molar refractivity (Wildman–Crippen MR) is 108 cm³/mol. The lowest BCUT2D eigenvalue weighted by atomic mass is 10.1. The number of aliphatic imine (C=N–C) groups is 1. The standard InChI is InChI=1S/C18H24N4O.HI/c1-3-19-18(22-13-17-10-6-7-11-20-17)21-12-15-8-4-5-9-16(15)14-23-2;/h4-11H,3,12-14H2,1-2H3,(H2,19,21,22);1H. The molecule has 6 heteroatoms. The fourth-order valence-electron chi connectivity index (χ4n) is 2.19. The number of ether oxygens (including phenoxy) is 1. The lowest BCUT2D eigenvalue weighted by Gasteiger charge is -2.12. The molecule has 0 atom stereocenters. The van der Waals surface area contributed by atoms with Gasteiger partial charge in [-0.2, -0.15) is 0 Å². The van der Waals surface area contributed by atoms with Crippen LogP contribution < -0.4 is 10.6 Å². The van der Waals surface area contributed by atoms with Gasteiger partial charge in [0.1, 0.15) is 0 Å². The van der Waals surface area contributed by atoms with E-state index in [1.54, 1.807) is 13.3 Å². The van der Waals surface area contributed by atoms with Crippen LogP contribution in [0.5, 0.6) is 0 Å². The van der Waals surface area contributed by atoms with Crippen LogP contribution in [0.25, 0.3) is 0 Å². The maximum atomic E-state index is 5.24. The average molecular weight is 440 g/mol. The van der Waals surface area contributed by atoms with Crippen LogP contribution in [0.15, 0.2) is 53.7 Å². The van der Waals surface area contributed by atoms with E-state index in [4.69, 9.17) is 4.74 Å². The molecule has 0 radical (unpaired) electrons. The molecule has 0 saturated heterocycles. The molecule has 1 aromatic heterocycles. The zero-order valence-electron chi connectivity index (χ0n) is 14.2. The van der Waals surface area contributed by atoms with E-state index in [0.717, 1.165) is 18.2 Å². The topological polar surface area (TPSA) is 58.5 Å². The van der Waals surface area contributed by atoms with Crippen molar-refractivity contribution in [3.05, 3.63) is 65.5 Å². The Kier molecular flexibility index (Phi) is 10.0. The monoisotopic (exact) mass is 440 g/mol. The first-order valence-corrected chi connectivity index (χ1v) is 7.81. The first-order chi connectivity index (χ1) is 11.3. The molecule has 2 N–H and O–H groups in total. The Labute approximate surface area is 161 Å². The summed E-state index contributed by atoms with van der Waals surface area (Å²) in [7, 11) is 1.71. The third kappa shape index (κ3) is 6.84. The molecule has 130 valence electrons. The molecule has 0 aliphatic carbocycles. The van der Waals surface area contributed by atoms with Gasteiger partial charge in [-0.3, -0.25) is 4.98 Å². The Morgan fingerprint density at radius 2 is 1.83 bits per heavy atom. The molecule has 1 aromatic carbocycles. The quantitative estimate of drug-likeness (QED) is 0.395. The minimum atomic E-state index is 0. The van der Waals surface area contributed by atoms with Crippen LogP contribution in [0, 0.1) is 0 Å². The van der Waals surface area contributed by atoms with Crippen molar-refractivity contribution in [3.63, 3.8) is 0 Å². The van der Waals surface area contributed by atoms with E-state index in [1.807, 2.05) is 30.3 Å². The first kappa shape index (κ1) is 20.4. The van der Waals surface area contributed by atoms with Gasteiger partial charge in [-0.05, 0) is 30.2 Å². The van der Waals surface area contributed by atoms with Gasteiger partial charge < -0.3 is 15.4 Å². The maximum absolute atomic E-state index is 5.24. The number of benzene rings is 1. The number of hydrogen-bond donors (Lipinski definition) is 2. The number of aromatic nitrogens is 1. The zero-order valence-corrected chi connectivity index (χ0v) is 16.5. The number of pyridine rings is 1. The molecule has 2 rings (SSSR count). The molecule has 0 saturated carbocycles. The van der Waals surface area contributed by atoms with E-state index < -0.39 is 0 Å². The third-order valence-electron chi connectivity index (χ3n) is 3.33. The van der Waals surface area contributed by atoms with Crippen LogP contribution in [-0.4, -0.2) is 24.6 Å². The summed E-state index contributed by atoms with van der Waals surface area (Å²) >= 11 is 0. The molecular weight excluding hydrogens is 415 g/mol. The van der Waals surface area contributed by atoms with Crippen molar-refractivity contribution in [2.24, 2.45) is 4.99 Å². The Bertz CT molecular complexity index is 619. The highest BCUT2D eigenvalue weighted by molar-refractivity contribution is 14.0. The molecule has 0 aliphatic heterocycles. The Morgan fingerprint density at radius 1 is 1.08 bits per heavy atom.